The number of fused-ring (bicyclic) bond motifs is 1. The largest absolute Gasteiger partial charge is 0.490 e. The molecule has 1 atom stereocenters. The van der Waals surface area contributed by atoms with E-state index in [4.69, 9.17) is 15.2 Å². The number of benzene rings is 2. The molecule has 0 aromatic heterocycles. The zero-order valence-electron chi connectivity index (χ0n) is 11.0. The highest BCUT2D eigenvalue weighted by Crippen LogP contribution is 2.28. The van der Waals surface area contributed by atoms with Gasteiger partial charge in [0.2, 0.25) is 0 Å². The van der Waals surface area contributed by atoms with Gasteiger partial charge in [-0.25, -0.2) is 4.39 Å². The molecule has 0 fully saturated rings. The zero-order valence-corrected chi connectivity index (χ0v) is 11.0. The molecule has 0 aliphatic carbocycles. The van der Waals surface area contributed by atoms with Gasteiger partial charge in [0.25, 0.3) is 0 Å². The van der Waals surface area contributed by atoms with Gasteiger partial charge < -0.3 is 15.2 Å². The third-order valence-corrected chi connectivity index (χ3v) is 3.32. The zero-order chi connectivity index (χ0) is 13.9. The van der Waals surface area contributed by atoms with E-state index in [0.717, 1.165) is 17.7 Å². The van der Waals surface area contributed by atoms with Gasteiger partial charge in [0.1, 0.15) is 30.0 Å². The Morgan fingerprint density at radius 1 is 1.25 bits per heavy atom. The SMILES string of the molecule is NCc1cc(F)cc(OCC2Cc3ccccc3O2)c1. The molecular formula is C16H16FNO2. The first-order chi connectivity index (χ1) is 9.74. The summed E-state index contributed by atoms with van der Waals surface area (Å²) in [5.74, 6) is 1.06. The molecule has 20 heavy (non-hydrogen) atoms. The molecule has 3 nitrogen and oxygen atoms in total. The van der Waals surface area contributed by atoms with Crippen molar-refractivity contribution in [2.45, 2.75) is 19.1 Å². The monoisotopic (exact) mass is 273 g/mol. The van der Waals surface area contributed by atoms with Gasteiger partial charge in [0.15, 0.2) is 0 Å². The van der Waals surface area contributed by atoms with Gasteiger partial charge in [-0.1, -0.05) is 18.2 Å². The van der Waals surface area contributed by atoms with Crippen LogP contribution in [0.1, 0.15) is 11.1 Å². The topological polar surface area (TPSA) is 44.5 Å². The number of rotatable bonds is 4. The minimum Gasteiger partial charge on any atom is -0.490 e. The molecular weight excluding hydrogens is 257 g/mol. The van der Waals surface area contributed by atoms with Crippen LogP contribution in [0.3, 0.4) is 0 Å². The van der Waals surface area contributed by atoms with Crippen molar-refractivity contribution in [1.29, 1.82) is 0 Å². The van der Waals surface area contributed by atoms with Crippen LogP contribution in [-0.4, -0.2) is 12.7 Å². The number of ether oxygens (including phenoxy) is 2. The summed E-state index contributed by atoms with van der Waals surface area (Å²) in [4.78, 5) is 0. The summed E-state index contributed by atoms with van der Waals surface area (Å²) in [5.41, 5.74) is 7.42. The van der Waals surface area contributed by atoms with Gasteiger partial charge in [0.05, 0.1) is 0 Å². The highest BCUT2D eigenvalue weighted by atomic mass is 19.1. The summed E-state index contributed by atoms with van der Waals surface area (Å²) < 4.78 is 24.8. The third kappa shape index (κ3) is 2.75. The first-order valence-corrected chi connectivity index (χ1v) is 6.61. The molecule has 2 aromatic rings. The molecule has 1 heterocycles. The third-order valence-electron chi connectivity index (χ3n) is 3.32. The van der Waals surface area contributed by atoms with Crippen LogP contribution in [0.15, 0.2) is 42.5 Å². The second kappa shape index (κ2) is 5.51. The van der Waals surface area contributed by atoms with Crippen molar-refractivity contribution < 1.29 is 13.9 Å². The average Bonchev–Trinajstić information content (AvgIpc) is 2.87. The number of hydrogen-bond acceptors (Lipinski definition) is 3. The fourth-order valence-electron chi connectivity index (χ4n) is 2.36. The predicted molar refractivity (Wildman–Crippen MR) is 74.3 cm³/mol. The van der Waals surface area contributed by atoms with E-state index >= 15 is 0 Å². The lowest BCUT2D eigenvalue weighted by Gasteiger charge is -2.13. The van der Waals surface area contributed by atoms with Crippen LogP contribution in [0.2, 0.25) is 0 Å². The van der Waals surface area contributed by atoms with Gasteiger partial charge in [0, 0.05) is 19.0 Å². The van der Waals surface area contributed by atoms with E-state index in [1.807, 2.05) is 24.3 Å². The van der Waals surface area contributed by atoms with Crippen LogP contribution in [0, 0.1) is 5.82 Å². The van der Waals surface area contributed by atoms with E-state index in [9.17, 15) is 4.39 Å². The summed E-state index contributed by atoms with van der Waals surface area (Å²) in [6.45, 7) is 0.682. The minimum absolute atomic E-state index is 0.0306. The fourth-order valence-corrected chi connectivity index (χ4v) is 2.36. The van der Waals surface area contributed by atoms with Gasteiger partial charge in [-0.15, -0.1) is 0 Å². The molecule has 0 radical (unpaired) electrons. The van der Waals surface area contributed by atoms with Crippen molar-refractivity contribution in [2.75, 3.05) is 6.61 Å². The summed E-state index contributed by atoms with van der Waals surface area (Å²) in [6.07, 6.45) is 0.784. The van der Waals surface area contributed by atoms with E-state index in [2.05, 4.69) is 0 Å². The van der Waals surface area contributed by atoms with Gasteiger partial charge >= 0.3 is 0 Å². The molecule has 0 spiro atoms. The maximum atomic E-state index is 13.4. The molecule has 2 N–H and O–H groups in total. The van der Waals surface area contributed by atoms with Crippen molar-refractivity contribution in [1.82, 2.24) is 0 Å². The quantitative estimate of drug-likeness (QED) is 0.931. The molecule has 4 heteroatoms. The normalized spacial score (nSPS) is 16.6. The van der Waals surface area contributed by atoms with Crippen LogP contribution in [-0.2, 0) is 13.0 Å². The van der Waals surface area contributed by atoms with Gasteiger partial charge in [-0.3, -0.25) is 0 Å². The molecule has 1 aliphatic rings. The maximum Gasteiger partial charge on any atom is 0.137 e. The first kappa shape index (κ1) is 12.9. The van der Waals surface area contributed by atoms with Crippen LogP contribution in [0.5, 0.6) is 11.5 Å². The van der Waals surface area contributed by atoms with E-state index in [1.54, 1.807) is 6.07 Å². The molecule has 1 unspecified atom stereocenters. The smallest absolute Gasteiger partial charge is 0.137 e. The van der Waals surface area contributed by atoms with E-state index in [0.29, 0.717) is 18.9 Å². The highest BCUT2D eigenvalue weighted by molar-refractivity contribution is 5.37. The average molecular weight is 273 g/mol. The minimum atomic E-state index is -0.335. The van der Waals surface area contributed by atoms with E-state index < -0.39 is 0 Å². The first-order valence-electron chi connectivity index (χ1n) is 6.61. The Bertz CT molecular complexity index is 590. The molecule has 0 bridgehead atoms. The second-order valence-electron chi connectivity index (χ2n) is 4.86. The Labute approximate surface area is 117 Å². The lowest BCUT2D eigenvalue weighted by atomic mass is 10.1. The molecule has 2 aromatic carbocycles. The number of nitrogens with two attached hydrogens (primary N) is 1. The Balaban J connectivity index is 1.63. The Kier molecular flexibility index (Phi) is 3.56. The summed E-state index contributed by atoms with van der Waals surface area (Å²) in [5, 5.41) is 0. The number of hydrogen-bond donors (Lipinski definition) is 1. The fraction of sp³-hybridized carbons (Fsp3) is 0.250. The Morgan fingerprint density at radius 2 is 2.10 bits per heavy atom. The van der Waals surface area contributed by atoms with Crippen LogP contribution in [0.25, 0.3) is 0 Å². The summed E-state index contributed by atoms with van der Waals surface area (Å²) >= 11 is 0. The highest BCUT2D eigenvalue weighted by Gasteiger charge is 2.22. The lowest BCUT2D eigenvalue weighted by molar-refractivity contribution is 0.148. The molecule has 3 rings (SSSR count). The summed E-state index contributed by atoms with van der Waals surface area (Å²) in [7, 11) is 0. The number of para-hydroxylation sites is 1. The number of halogens is 1. The molecule has 0 saturated heterocycles. The van der Waals surface area contributed by atoms with E-state index in [-0.39, 0.29) is 11.9 Å². The standard InChI is InChI=1S/C16H16FNO2/c17-13-5-11(9-18)6-14(8-13)19-10-15-7-12-3-1-2-4-16(12)20-15/h1-6,8,15H,7,9-10,18H2. The predicted octanol–water partition coefficient (Wildman–Crippen LogP) is 2.67. The summed E-state index contributed by atoms with van der Waals surface area (Å²) in [6, 6.07) is 12.5. The van der Waals surface area contributed by atoms with Gasteiger partial charge in [-0.05, 0) is 29.3 Å². The van der Waals surface area contributed by atoms with Crippen molar-refractivity contribution in [3.05, 3.63) is 59.4 Å². The second-order valence-corrected chi connectivity index (χ2v) is 4.86. The molecule has 104 valence electrons. The van der Waals surface area contributed by atoms with Crippen LogP contribution < -0.4 is 15.2 Å². The van der Waals surface area contributed by atoms with E-state index in [1.165, 1.54) is 17.7 Å². The lowest BCUT2D eigenvalue weighted by Crippen LogP contribution is -2.22. The van der Waals surface area contributed by atoms with Crippen LogP contribution >= 0.6 is 0 Å². The molecule has 0 amide bonds. The maximum absolute atomic E-state index is 13.4. The van der Waals surface area contributed by atoms with Crippen molar-refractivity contribution in [2.24, 2.45) is 5.73 Å². The Morgan fingerprint density at radius 3 is 2.90 bits per heavy atom. The Hall–Kier alpha value is -2.07. The van der Waals surface area contributed by atoms with Crippen LogP contribution in [0.4, 0.5) is 4.39 Å². The van der Waals surface area contributed by atoms with Crippen molar-refractivity contribution >= 4 is 0 Å². The molecule has 0 saturated carbocycles. The van der Waals surface area contributed by atoms with Gasteiger partial charge in [-0.2, -0.15) is 0 Å². The van der Waals surface area contributed by atoms with Crippen molar-refractivity contribution in [3.63, 3.8) is 0 Å². The molecule has 1 aliphatic heterocycles. The van der Waals surface area contributed by atoms with Crippen molar-refractivity contribution in [3.8, 4) is 11.5 Å².